The van der Waals surface area contributed by atoms with E-state index >= 15 is 0 Å². The molecule has 0 aromatic heterocycles. The molecule has 5 N–H and O–H groups in total. The normalized spacial score (nSPS) is 31.9. The number of ether oxygens (including phenoxy) is 4. The van der Waals surface area contributed by atoms with Gasteiger partial charge in [0.15, 0.2) is 11.4 Å². The molecule has 0 aliphatic carbocycles. The van der Waals surface area contributed by atoms with Gasteiger partial charge >= 0.3 is 5.97 Å². The fraction of sp³-hybridized carbons (Fsp3) is 0.583. The maximum Gasteiger partial charge on any atom is 0.302 e. The molecule has 1 fully saturated rings. The summed E-state index contributed by atoms with van der Waals surface area (Å²) in [4.78, 5) is 65.4. The standard InChI is InChI=1S/C48H64N4O12/c1-11-32(54)52-21-19-48(20-22-52)50-36-33-34-41(57)29(7)44-35(33)45(59)47(9,64-44)62-23-14-12-13-18-31(61-10)26(4)43(63-30(8)53)28(6)40(56)27(5)39(55)24(2)16-15-17-25(3)46(60)49-38(42(34)58)37(36)51-48/h13,15-18,24,26-28,31,39-40,43,55-58H,11-12,14,19-23H2,1-10H3,(H,49,60)/b16-15+,18-13+,25-17-. The first-order valence-corrected chi connectivity index (χ1v) is 22.3. The number of aromatic hydroxyl groups is 2. The number of benzene rings is 2. The van der Waals surface area contributed by atoms with Gasteiger partial charge in [-0.1, -0.05) is 65.0 Å². The monoisotopic (exact) mass is 888 g/mol. The van der Waals surface area contributed by atoms with Crippen LogP contribution >= 0.6 is 0 Å². The van der Waals surface area contributed by atoms with Crippen LogP contribution < -0.4 is 20.8 Å². The van der Waals surface area contributed by atoms with Crippen molar-refractivity contribution in [1.29, 1.82) is 0 Å². The number of hydrogen-bond donors (Lipinski definition) is 5. The van der Waals surface area contributed by atoms with Crippen LogP contribution in [0.4, 0.5) is 5.69 Å². The number of amides is 2. The molecular formula is C48H64N4O12. The van der Waals surface area contributed by atoms with Crippen molar-refractivity contribution in [3.05, 3.63) is 57.8 Å². The Morgan fingerprint density at radius 2 is 1.62 bits per heavy atom. The lowest BCUT2D eigenvalue weighted by Gasteiger charge is -2.38. The highest BCUT2D eigenvalue weighted by Crippen LogP contribution is 2.50. The van der Waals surface area contributed by atoms with Crippen LogP contribution in [0, 0.1) is 30.6 Å². The number of likely N-dealkylation sites (tertiary alicyclic amines) is 1. The Kier molecular flexibility index (Phi) is 14.4. The number of rotatable bonds is 3. The summed E-state index contributed by atoms with van der Waals surface area (Å²) in [7, 11) is 1.54. The van der Waals surface area contributed by atoms with Gasteiger partial charge in [-0.15, -0.1) is 0 Å². The SMILES string of the molecule is CCC(=O)N1CCC2(CC1)N=c1c3c(O)c4c(O)c(C)c5c(c4c1=N2)C(=O)C(C)(OCCC/C=C/C(OC)C(C)C(OC(C)=O)C(C)C(O)C(C)C(O)C(C)/C=C/C=C(/C)C(=O)N3)O5. The summed E-state index contributed by atoms with van der Waals surface area (Å²) in [5.74, 6) is -6.49. The van der Waals surface area contributed by atoms with Gasteiger partial charge in [0.25, 0.3) is 11.7 Å². The van der Waals surface area contributed by atoms with Crippen molar-refractivity contribution in [2.75, 3.05) is 32.1 Å². The van der Waals surface area contributed by atoms with Crippen LogP contribution in [0.15, 0.2) is 45.9 Å². The summed E-state index contributed by atoms with van der Waals surface area (Å²) in [5.41, 5.74) is -0.768. The molecule has 2 aromatic rings. The summed E-state index contributed by atoms with van der Waals surface area (Å²) in [6.45, 7) is 15.7. The molecule has 6 rings (SSSR count). The molecule has 1 saturated heterocycles. The minimum atomic E-state index is -1.81. The first kappa shape index (κ1) is 48.3. The summed E-state index contributed by atoms with van der Waals surface area (Å²) < 4.78 is 24.1. The van der Waals surface area contributed by atoms with Gasteiger partial charge in [-0.3, -0.25) is 29.2 Å². The molecule has 2 aromatic carbocycles. The topological polar surface area (TPSA) is 226 Å². The van der Waals surface area contributed by atoms with Crippen LogP contribution in [0.2, 0.25) is 0 Å². The van der Waals surface area contributed by atoms with Crippen molar-refractivity contribution >= 4 is 40.0 Å². The fourth-order valence-electron chi connectivity index (χ4n) is 9.40. The minimum absolute atomic E-state index is 0.00285. The van der Waals surface area contributed by atoms with Crippen molar-refractivity contribution in [3.63, 3.8) is 0 Å². The van der Waals surface area contributed by atoms with E-state index < -0.39 is 82.9 Å². The molecule has 0 saturated carbocycles. The minimum Gasteiger partial charge on any atom is -0.507 e. The molecule has 0 radical (unpaired) electrons. The third kappa shape index (κ3) is 9.06. The Morgan fingerprint density at radius 1 is 0.953 bits per heavy atom. The predicted octanol–water partition coefficient (Wildman–Crippen LogP) is 4.85. The molecule has 16 nitrogen and oxygen atoms in total. The molecule has 348 valence electrons. The van der Waals surface area contributed by atoms with E-state index in [9.17, 15) is 39.6 Å². The average Bonchev–Trinajstić information content (AvgIpc) is 3.77. The van der Waals surface area contributed by atoms with E-state index in [0.29, 0.717) is 45.2 Å². The molecular weight excluding hydrogens is 825 g/mol. The number of Topliss-reactive ketones (excluding diaryl/α,β-unsaturated/α-hetero) is 1. The predicted molar refractivity (Wildman–Crippen MR) is 237 cm³/mol. The number of piperidine rings is 1. The van der Waals surface area contributed by atoms with E-state index in [2.05, 4.69) is 5.32 Å². The smallest absolute Gasteiger partial charge is 0.302 e. The maximum atomic E-state index is 14.6. The van der Waals surface area contributed by atoms with Crippen LogP contribution in [0.5, 0.6) is 17.2 Å². The molecule has 1 spiro atoms. The highest BCUT2D eigenvalue weighted by Gasteiger charge is 2.49. The van der Waals surface area contributed by atoms with Gasteiger partial charge in [0.05, 0.1) is 41.2 Å². The van der Waals surface area contributed by atoms with Crippen molar-refractivity contribution < 1.29 is 58.6 Å². The Labute approximate surface area is 373 Å². The van der Waals surface area contributed by atoms with E-state index in [1.165, 1.54) is 13.8 Å². The van der Waals surface area contributed by atoms with Crippen molar-refractivity contribution in [2.45, 2.75) is 130 Å². The van der Waals surface area contributed by atoms with E-state index in [1.807, 2.05) is 19.1 Å². The van der Waals surface area contributed by atoms with Crippen molar-refractivity contribution in [3.8, 4) is 17.2 Å². The van der Waals surface area contributed by atoms with Gasteiger partial charge in [0, 0.05) is 93.5 Å². The molecule has 9 unspecified atom stereocenters. The summed E-state index contributed by atoms with van der Waals surface area (Å²) in [5, 5.41) is 50.0. The van der Waals surface area contributed by atoms with Crippen LogP contribution in [0.25, 0.3) is 10.8 Å². The molecule has 4 aliphatic rings. The first-order chi connectivity index (χ1) is 30.2. The van der Waals surface area contributed by atoms with Gasteiger partial charge in [0.1, 0.15) is 28.6 Å². The van der Waals surface area contributed by atoms with Crippen LogP contribution in [-0.4, -0.2) is 112 Å². The van der Waals surface area contributed by atoms with Gasteiger partial charge in [-0.2, -0.15) is 0 Å². The van der Waals surface area contributed by atoms with Crippen molar-refractivity contribution in [1.82, 2.24) is 4.90 Å². The van der Waals surface area contributed by atoms with Gasteiger partial charge in [0.2, 0.25) is 11.7 Å². The van der Waals surface area contributed by atoms with Gasteiger partial charge in [-0.25, -0.2) is 0 Å². The Morgan fingerprint density at radius 3 is 2.27 bits per heavy atom. The van der Waals surface area contributed by atoms with E-state index in [4.69, 9.17) is 28.9 Å². The zero-order valence-corrected chi connectivity index (χ0v) is 38.6. The maximum absolute atomic E-state index is 14.6. The number of hydrogen-bond acceptors (Lipinski definition) is 14. The number of phenolic OH excluding ortho intramolecular Hbond substituents is 2. The van der Waals surface area contributed by atoms with E-state index in [0.717, 1.165) is 0 Å². The molecule has 4 bridgehead atoms. The van der Waals surface area contributed by atoms with E-state index in [1.54, 1.807) is 71.8 Å². The summed E-state index contributed by atoms with van der Waals surface area (Å²) in [6.07, 6.45) is 7.19. The summed E-state index contributed by atoms with van der Waals surface area (Å²) in [6, 6.07) is 0. The molecule has 16 heteroatoms. The second-order valence-electron chi connectivity index (χ2n) is 18.0. The number of methoxy groups -OCH3 is 1. The zero-order chi connectivity index (χ0) is 47.0. The average molecular weight is 889 g/mol. The largest absolute Gasteiger partial charge is 0.507 e. The number of esters is 1. The van der Waals surface area contributed by atoms with Crippen LogP contribution in [0.1, 0.15) is 103 Å². The number of aliphatic hydroxyl groups excluding tert-OH is 2. The number of carbonyl (C=O) groups is 4. The Hall–Kier alpha value is -5.16. The summed E-state index contributed by atoms with van der Waals surface area (Å²) >= 11 is 0. The fourth-order valence-corrected chi connectivity index (χ4v) is 9.40. The lowest BCUT2D eigenvalue weighted by molar-refractivity contribution is -0.160. The number of aliphatic hydroxyl groups is 2. The second kappa shape index (κ2) is 19.1. The van der Waals surface area contributed by atoms with E-state index in [-0.39, 0.29) is 67.9 Å². The highest BCUT2D eigenvalue weighted by atomic mass is 16.7. The number of phenols is 2. The lowest BCUT2D eigenvalue weighted by atomic mass is 9.78. The first-order valence-electron chi connectivity index (χ1n) is 22.3. The molecule has 2 amide bonds. The second-order valence-corrected chi connectivity index (χ2v) is 18.0. The highest BCUT2D eigenvalue weighted by molar-refractivity contribution is 6.19. The third-order valence-corrected chi connectivity index (χ3v) is 13.5. The molecule has 64 heavy (non-hydrogen) atoms. The number of fused-ring (bicyclic) bond motifs is 1. The molecule has 9 atom stereocenters. The Balaban J connectivity index is 1.46. The quantitative estimate of drug-likeness (QED) is 0.158. The van der Waals surface area contributed by atoms with Crippen LogP contribution in [-0.2, 0) is 28.6 Å². The number of allylic oxidation sites excluding steroid dienone is 3. The molecule has 4 heterocycles. The Bertz CT molecular complexity index is 2400. The number of nitrogens with zero attached hydrogens (tertiary/aromatic N) is 3. The van der Waals surface area contributed by atoms with Gasteiger partial charge < -0.3 is 49.6 Å². The number of ketones is 1. The number of anilines is 1. The van der Waals surface area contributed by atoms with Gasteiger partial charge in [-0.05, 0) is 26.7 Å². The third-order valence-electron chi connectivity index (χ3n) is 13.5. The van der Waals surface area contributed by atoms with Crippen LogP contribution in [0.3, 0.4) is 0 Å². The number of carbonyl (C=O) groups excluding carboxylic acids is 4. The molecule has 4 aliphatic heterocycles. The number of nitrogens with one attached hydrogen (secondary N) is 1. The zero-order valence-electron chi connectivity index (χ0n) is 38.6. The lowest BCUT2D eigenvalue weighted by Crippen LogP contribution is -2.46. The van der Waals surface area contributed by atoms with Crippen molar-refractivity contribution in [2.24, 2.45) is 33.7 Å².